The Kier molecular flexibility index (Phi) is 7.34. The number of aliphatic hydroxyl groups excluding tert-OH is 4. The third kappa shape index (κ3) is 5.45. The minimum atomic E-state index is -0.727. The average Bonchev–Trinajstić information content (AvgIpc) is 2.52. The summed E-state index contributed by atoms with van der Waals surface area (Å²) >= 11 is 0. The van der Waals surface area contributed by atoms with Gasteiger partial charge < -0.3 is 25.2 Å². The van der Waals surface area contributed by atoms with Crippen LogP contribution in [0.4, 0.5) is 0 Å². The van der Waals surface area contributed by atoms with Crippen LogP contribution >= 0.6 is 0 Å². The maximum Gasteiger partial charge on any atom is 0.153 e. The molecule has 0 aliphatic carbocycles. The van der Waals surface area contributed by atoms with Crippen molar-refractivity contribution in [2.75, 3.05) is 6.61 Å². The van der Waals surface area contributed by atoms with Crippen molar-refractivity contribution in [1.29, 1.82) is 0 Å². The molecule has 2 atom stereocenters. The summed E-state index contributed by atoms with van der Waals surface area (Å²) in [7, 11) is 0. The molecule has 0 aromatic carbocycles. The lowest BCUT2D eigenvalue weighted by Gasteiger charge is -2.29. The van der Waals surface area contributed by atoms with E-state index < -0.39 is 12.1 Å². The number of nitroso groups, excluding NO2 is 1. The van der Waals surface area contributed by atoms with Crippen LogP contribution in [0.3, 0.4) is 0 Å². The molecule has 0 bridgehead atoms. The lowest BCUT2D eigenvalue weighted by Crippen LogP contribution is -2.32. The van der Waals surface area contributed by atoms with Crippen LogP contribution in [-0.4, -0.2) is 39.2 Å². The fourth-order valence-electron chi connectivity index (χ4n) is 2.22. The van der Waals surface area contributed by atoms with Crippen molar-refractivity contribution in [2.45, 2.75) is 45.3 Å². The predicted molar refractivity (Wildman–Crippen MR) is 85.9 cm³/mol. The Labute approximate surface area is 134 Å². The second-order valence-corrected chi connectivity index (χ2v) is 5.27. The van der Waals surface area contributed by atoms with Gasteiger partial charge in [0, 0.05) is 18.9 Å². The summed E-state index contributed by atoms with van der Waals surface area (Å²) in [5, 5.41) is 41.0. The third-order valence-electron chi connectivity index (χ3n) is 3.38. The topological polar surface area (TPSA) is 120 Å². The molecule has 0 amide bonds. The number of hydrogen-bond donors (Lipinski definition) is 4. The molecule has 23 heavy (non-hydrogen) atoms. The Morgan fingerprint density at radius 3 is 2.48 bits per heavy atom. The van der Waals surface area contributed by atoms with E-state index in [1.54, 1.807) is 0 Å². The molecule has 0 unspecified atom stereocenters. The van der Waals surface area contributed by atoms with Crippen LogP contribution in [0.2, 0.25) is 0 Å². The number of ether oxygens (including phenoxy) is 1. The number of allylic oxidation sites excluding steroid dienone is 3. The van der Waals surface area contributed by atoms with Crippen molar-refractivity contribution in [2.24, 2.45) is 5.18 Å². The van der Waals surface area contributed by atoms with Crippen LogP contribution in [0.25, 0.3) is 0 Å². The van der Waals surface area contributed by atoms with Crippen LogP contribution in [0.5, 0.6) is 0 Å². The maximum absolute atomic E-state index is 11.0. The summed E-state index contributed by atoms with van der Waals surface area (Å²) in [6, 6.07) is -0.727. The van der Waals surface area contributed by atoms with E-state index in [1.807, 2.05) is 6.92 Å². The van der Waals surface area contributed by atoms with Crippen molar-refractivity contribution in [1.82, 2.24) is 0 Å². The SMILES string of the molecule is CC/C=C(O)\C(O)=C/C[C@@H]1OC(/C=C(\C)O)=C(CO)C[C@@H]1N=O. The highest BCUT2D eigenvalue weighted by Crippen LogP contribution is 2.29. The van der Waals surface area contributed by atoms with Gasteiger partial charge in [-0.15, -0.1) is 0 Å². The molecular weight excluding hydrogens is 302 g/mol. The van der Waals surface area contributed by atoms with Gasteiger partial charge in [0.05, 0.1) is 12.4 Å². The van der Waals surface area contributed by atoms with Gasteiger partial charge in [-0.2, -0.15) is 4.91 Å². The molecule has 128 valence electrons. The molecule has 0 aromatic rings. The smallest absolute Gasteiger partial charge is 0.153 e. The van der Waals surface area contributed by atoms with Crippen LogP contribution in [0.15, 0.2) is 52.0 Å². The summed E-state index contributed by atoms with van der Waals surface area (Å²) in [6.45, 7) is 2.97. The first-order valence-corrected chi connectivity index (χ1v) is 7.40. The summed E-state index contributed by atoms with van der Waals surface area (Å²) in [5.41, 5.74) is 0.473. The van der Waals surface area contributed by atoms with Crippen molar-refractivity contribution < 1.29 is 25.2 Å². The van der Waals surface area contributed by atoms with Gasteiger partial charge in [-0.1, -0.05) is 12.1 Å². The van der Waals surface area contributed by atoms with Crippen molar-refractivity contribution in [3.05, 3.63) is 51.7 Å². The minimum absolute atomic E-state index is 0.00382. The monoisotopic (exact) mass is 325 g/mol. The molecule has 1 aliphatic heterocycles. The van der Waals surface area contributed by atoms with E-state index in [1.165, 1.54) is 25.2 Å². The van der Waals surface area contributed by atoms with Gasteiger partial charge in [0.1, 0.15) is 17.9 Å². The second-order valence-electron chi connectivity index (χ2n) is 5.27. The summed E-state index contributed by atoms with van der Waals surface area (Å²) < 4.78 is 5.63. The number of rotatable bonds is 7. The average molecular weight is 325 g/mol. The molecule has 0 saturated heterocycles. The Bertz CT molecular complexity index is 543. The molecule has 0 spiro atoms. The molecule has 7 heteroatoms. The first-order chi connectivity index (χ1) is 10.9. The largest absolute Gasteiger partial charge is 0.512 e. The molecule has 7 nitrogen and oxygen atoms in total. The normalized spacial score (nSPS) is 23.7. The highest BCUT2D eigenvalue weighted by molar-refractivity contribution is 5.26. The van der Waals surface area contributed by atoms with E-state index in [9.17, 15) is 25.3 Å². The van der Waals surface area contributed by atoms with E-state index in [0.717, 1.165) is 0 Å². The highest BCUT2D eigenvalue weighted by Gasteiger charge is 2.31. The van der Waals surface area contributed by atoms with Gasteiger partial charge in [-0.05, 0) is 31.1 Å². The van der Waals surface area contributed by atoms with Crippen molar-refractivity contribution in [3.8, 4) is 0 Å². The van der Waals surface area contributed by atoms with Gasteiger partial charge in [0.25, 0.3) is 0 Å². The predicted octanol–water partition coefficient (Wildman–Crippen LogP) is 3.30. The fraction of sp³-hybridized carbons (Fsp3) is 0.500. The van der Waals surface area contributed by atoms with Crippen molar-refractivity contribution >= 4 is 0 Å². The lowest BCUT2D eigenvalue weighted by molar-refractivity contribution is 0.0786. The summed E-state index contributed by atoms with van der Waals surface area (Å²) in [6.07, 6.45) is 4.41. The second kappa shape index (κ2) is 8.99. The Morgan fingerprint density at radius 2 is 1.96 bits per heavy atom. The van der Waals surface area contributed by atoms with Gasteiger partial charge in [0.15, 0.2) is 11.5 Å². The van der Waals surface area contributed by atoms with Crippen LogP contribution in [0.1, 0.15) is 33.1 Å². The first kappa shape index (κ1) is 18.8. The highest BCUT2D eigenvalue weighted by atomic mass is 16.5. The third-order valence-corrected chi connectivity index (χ3v) is 3.38. The van der Waals surface area contributed by atoms with Crippen LogP contribution < -0.4 is 0 Å². The Balaban J connectivity index is 2.96. The van der Waals surface area contributed by atoms with E-state index >= 15 is 0 Å². The van der Waals surface area contributed by atoms with Crippen LogP contribution in [-0.2, 0) is 4.74 Å². The Hall–Kier alpha value is -2.28. The first-order valence-electron chi connectivity index (χ1n) is 7.40. The minimum Gasteiger partial charge on any atom is -0.512 e. The van der Waals surface area contributed by atoms with Crippen LogP contribution in [0, 0.1) is 4.91 Å². The summed E-state index contributed by atoms with van der Waals surface area (Å²) in [4.78, 5) is 11.0. The Morgan fingerprint density at radius 1 is 1.30 bits per heavy atom. The van der Waals surface area contributed by atoms with Gasteiger partial charge in [-0.3, -0.25) is 0 Å². The number of hydrogen-bond acceptors (Lipinski definition) is 7. The molecule has 0 radical (unpaired) electrons. The van der Waals surface area contributed by atoms with Gasteiger partial charge in [-0.25, -0.2) is 0 Å². The maximum atomic E-state index is 11.0. The lowest BCUT2D eigenvalue weighted by atomic mass is 9.95. The molecule has 1 heterocycles. The molecule has 1 aliphatic rings. The number of aliphatic hydroxyl groups is 4. The zero-order valence-electron chi connectivity index (χ0n) is 13.3. The van der Waals surface area contributed by atoms with E-state index in [-0.39, 0.29) is 36.7 Å². The standard InChI is InChI=1S/C16H23NO6/c1-3-4-13(20)14(21)5-6-15-12(17-22)8-11(9-18)16(23-15)7-10(2)19/h4-5,7,12,15,18-21H,3,6,8-9H2,1-2H3/b10-7+,13-4+,14-5+/t12-,15-/m0/s1. The fourth-order valence-corrected chi connectivity index (χ4v) is 2.22. The van der Waals surface area contributed by atoms with Gasteiger partial charge >= 0.3 is 0 Å². The van der Waals surface area contributed by atoms with E-state index in [4.69, 9.17) is 4.74 Å². The molecule has 4 N–H and O–H groups in total. The molecule has 0 aromatic heterocycles. The zero-order chi connectivity index (χ0) is 17.4. The quantitative estimate of drug-likeness (QED) is 0.324. The van der Waals surface area contributed by atoms with Crippen molar-refractivity contribution in [3.63, 3.8) is 0 Å². The van der Waals surface area contributed by atoms with E-state index in [0.29, 0.717) is 17.8 Å². The zero-order valence-corrected chi connectivity index (χ0v) is 13.3. The summed E-state index contributed by atoms with van der Waals surface area (Å²) in [5.74, 6) is -0.243. The van der Waals surface area contributed by atoms with E-state index in [2.05, 4.69) is 5.18 Å². The number of nitrogens with zero attached hydrogens (tertiary/aromatic N) is 1. The molecule has 0 saturated carbocycles. The molecule has 1 rings (SSSR count). The molecule has 0 fully saturated rings. The van der Waals surface area contributed by atoms with Gasteiger partial charge in [0.2, 0.25) is 0 Å². The molecular formula is C16H23NO6.